The molecule has 2 nitrogen and oxygen atoms in total. The molecule has 0 saturated carbocycles. The molecule has 0 N–H and O–H groups in total. The van der Waals surface area contributed by atoms with E-state index in [1.165, 1.54) is 72.3 Å². The summed E-state index contributed by atoms with van der Waals surface area (Å²) < 4.78 is 6.97. The first kappa shape index (κ1) is 36.4. The number of para-hydroxylation sites is 2. The summed E-state index contributed by atoms with van der Waals surface area (Å²) in [4.78, 5) is 2.52. The van der Waals surface area contributed by atoms with Crippen LogP contribution < -0.4 is 4.90 Å². The minimum atomic E-state index is -0.183. The molecule has 0 fully saturated rings. The summed E-state index contributed by atoms with van der Waals surface area (Å²) in [7, 11) is 0. The van der Waals surface area contributed by atoms with Crippen molar-refractivity contribution in [1.82, 2.24) is 0 Å². The largest absolute Gasteiger partial charge is 0.454 e. The Morgan fingerprint density at radius 1 is 0.339 bits per heavy atom. The van der Waals surface area contributed by atoms with Gasteiger partial charge in [-0.3, -0.25) is 0 Å². The Morgan fingerprint density at radius 2 is 0.823 bits per heavy atom. The van der Waals surface area contributed by atoms with Gasteiger partial charge < -0.3 is 9.32 Å². The Morgan fingerprint density at radius 3 is 1.60 bits per heavy atom. The van der Waals surface area contributed by atoms with Crippen LogP contribution >= 0.6 is 0 Å². The standard InChI is InChI=1S/C60H45NO/c1-59(2)47-29-11-8-24-44(47)55-46(28-15-31-49(55)59)56-41(40-22-14-21-39(37-40)38-19-6-5-7-20-38)26-16-33-51(56)61(53-35-17-27-43-42-23-10-13-36-54(42)62-58(43)53)52-34-18-32-50-57(52)45-25-9-12-30-48(45)60(50,3)4/h5-37H,1-4H3. The molecule has 2 heteroatoms. The van der Waals surface area contributed by atoms with Crippen molar-refractivity contribution in [3.05, 3.63) is 222 Å². The Hall–Kier alpha value is -7.42. The Labute approximate surface area is 363 Å². The summed E-state index contributed by atoms with van der Waals surface area (Å²) in [5.74, 6) is 0. The maximum atomic E-state index is 6.97. The van der Waals surface area contributed by atoms with Crippen molar-refractivity contribution in [2.24, 2.45) is 0 Å². The normalized spacial score (nSPS) is 14.1. The number of hydrogen-bond donors (Lipinski definition) is 0. The molecule has 9 aromatic carbocycles. The van der Waals surface area contributed by atoms with Crippen molar-refractivity contribution in [3.8, 4) is 55.6 Å². The second-order valence-electron chi connectivity index (χ2n) is 18.0. The first-order chi connectivity index (χ1) is 30.3. The Kier molecular flexibility index (Phi) is 7.96. The van der Waals surface area contributed by atoms with Crippen LogP contribution in [0.5, 0.6) is 0 Å². The average Bonchev–Trinajstić information content (AvgIpc) is 3.90. The van der Waals surface area contributed by atoms with E-state index < -0.39 is 0 Å². The van der Waals surface area contributed by atoms with Crippen LogP contribution in [0.4, 0.5) is 17.1 Å². The number of rotatable bonds is 6. The summed E-state index contributed by atoms with van der Waals surface area (Å²) in [6.45, 7) is 9.48. The molecular weight excluding hydrogens is 751 g/mol. The van der Waals surface area contributed by atoms with Crippen LogP contribution in [-0.4, -0.2) is 0 Å². The predicted molar refractivity (Wildman–Crippen MR) is 260 cm³/mol. The average molecular weight is 796 g/mol. The minimum absolute atomic E-state index is 0.167. The van der Waals surface area contributed by atoms with Gasteiger partial charge in [-0.05, 0) is 97.1 Å². The highest BCUT2D eigenvalue weighted by molar-refractivity contribution is 6.13. The Bertz CT molecular complexity index is 3420. The van der Waals surface area contributed by atoms with Gasteiger partial charge in [0.1, 0.15) is 5.58 Å². The van der Waals surface area contributed by atoms with Crippen molar-refractivity contribution < 1.29 is 4.42 Å². The van der Waals surface area contributed by atoms with Gasteiger partial charge in [0, 0.05) is 32.7 Å². The summed E-state index contributed by atoms with van der Waals surface area (Å²) in [5.41, 5.74) is 22.2. The van der Waals surface area contributed by atoms with Gasteiger partial charge in [-0.25, -0.2) is 0 Å². The van der Waals surface area contributed by atoms with Crippen molar-refractivity contribution in [2.75, 3.05) is 4.90 Å². The summed E-state index contributed by atoms with van der Waals surface area (Å²) in [5, 5.41) is 2.21. The molecule has 0 amide bonds. The zero-order valence-electron chi connectivity index (χ0n) is 35.4. The molecule has 0 spiro atoms. The van der Waals surface area contributed by atoms with Crippen LogP contribution in [0.25, 0.3) is 77.6 Å². The van der Waals surface area contributed by atoms with E-state index in [1.807, 2.05) is 0 Å². The fraction of sp³-hybridized carbons (Fsp3) is 0.100. The molecule has 10 aromatic rings. The zero-order chi connectivity index (χ0) is 41.7. The fourth-order valence-corrected chi connectivity index (χ4v) is 10.9. The van der Waals surface area contributed by atoms with E-state index in [9.17, 15) is 0 Å². The highest BCUT2D eigenvalue weighted by Crippen LogP contribution is 2.59. The van der Waals surface area contributed by atoms with Crippen LogP contribution in [0.2, 0.25) is 0 Å². The maximum absolute atomic E-state index is 6.97. The lowest BCUT2D eigenvalue weighted by molar-refractivity contribution is 0.660. The summed E-state index contributed by atoms with van der Waals surface area (Å²) in [6.07, 6.45) is 0. The van der Waals surface area contributed by atoms with Gasteiger partial charge in [-0.2, -0.15) is 0 Å². The lowest BCUT2D eigenvalue weighted by atomic mass is 9.81. The third-order valence-electron chi connectivity index (χ3n) is 13.9. The van der Waals surface area contributed by atoms with Gasteiger partial charge in [0.15, 0.2) is 5.58 Å². The molecule has 12 rings (SSSR count). The van der Waals surface area contributed by atoms with Crippen LogP contribution in [0.1, 0.15) is 49.9 Å². The van der Waals surface area contributed by atoms with Crippen molar-refractivity contribution in [3.63, 3.8) is 0 Å². The smallest absolute Gasteiger partial charge is 0.159 e. The molecule has 62 heavy (non-hydrogen) atoms. The van der Waals surface area contributed by atoms with Gasteiger partial charge >= 0.3 is 0 Å². The summed E-state index contributed by atoms with van der Waals surface area (Å²) >= 11 is 0. The fourth-order valence-electron chi connectivity index (χ4n) is 10.9. The third kappa shape index (κ3) is 5.23. The van der Waals surface area contributed by atoms with E-state index in [4.69, 9.17) is 4.42 Å². The van der Waals surface area contributed by atoms with E-state index in [0.29, 0.717) is 0 Å². The van der Waals surface area contributed by atoms with E-state index in [2.05, 4.69) is 233 Å². The second-order valence-corrected chi connectivity index (χ2v) is 18.0. The number of fused-ring (bicyclic) bond motifs is 9. The number of nitrogens with zero attached hydrogens (tertiary/aromatic N) is 1. The molecule has 2 aliphatic carbocycles. The van der Waals surface area contributed by atoms with Crippen LogP contribution in [0.3, 0.4) is 0 Å². The monoisotopic (exact) mass is 795 g/mol. The number of furan rings is 1. The minimum Gasteiger partial charge on any atom is -0.454 e. The number of anilines is 3. The second kappa shape index (κ2) is 13.5. The van der Waals surface area contributed by atoms with Gasteiger partial charge in [0.05, 0.1) is 17.1 Å². The summed E-state index contributed by atoms with van der Waals surface area (Å²) in [6, 6.07) is 73.6. The molecule has 2 aliphatic rings. The molecule has 0 aliphatic heterocycles. The first-order valence-corrected chi connectivity index (χ1v) is 21.8. The van der Waals surface area contributed by atoms with Crippen molar-refractivity contribution in [1.29, 1.82) is 0 Å². The van der Waals surface area contributed by atoms with E-state index in [0.717, 1.165) is 44.6 Å². The predicted octanol–water partition coefficient (Wildman–Crippen LogP) is 16.7. The molecular formula is C60H45NO. The molecule has 1 aromatic heterocycles. The lowest BCUT2D eigenvalue weighted by Crippen LogP contribution is -2.16. The van der Waals surface area contributed by atoms with E-state index in [1.54, 1.807) is 0 Å². The van der Waals surface area contributed by atoms with Crippen molar-refractivity contribution in [2.45, 2.75) is 38.5 Å². The van der Waals surface area contributed by atoms with Gasteiger partial charge in [-0.15, -0.1) is 0 Å². The van der Waals surface area contributed by atoms with Gasteiger partial charge in [0.25, 0.3) is 0 Å². The topological polar surface area (TPSA) is 16.4 Å². The zero-order valence-corrected chi connectivity index (χ0v) is 35.4. The van der Waals surface area contributed by atoms with E-state index >= 15 is 0 Å². The number of hydrogen-bond acceptors (Lipinski definition) is 2. The molecule has 0 unspecified atom stereocenters. The molecule has 0 saturated heterocycles. The molecule has 0 atom stereocenters. The van der Waals surface area contributed by atoms with Crippen LogP contribution in [0.15, 0.2) is 205 Å². The van der Waals surface area contributed by atoms with Crippen LogP contribution in [-0.2, 0) is 10.8 Å². The maximum Gasteiger partial charge on any atom is 0.159 e. The SMILES string of the molecule is CC1(C)c2ccccc2-c2c(-c3c(-c4cccc(-c5ccccc5)c4)cccc3N(c3cccc4c3-c3ccccc3C4(C)C)c3cccc4c3oc3ccccc34)cccc21. The first-order valence-electron chi connectivity index (χ1n) is 21.8. The third-order valence-corrected chi connectivity index (χ3v) is 13.9. The highest BCUT2D eigenvalue weighted by atomic mass is 16.3. The molecule has 0 bridgehead atoms. The van der Waals surface area contributed by atoms with Gasteiger partial charge in [-0.1, -0.05) is 198 Å². The molecule has 1 heterocycles. The number of benzene rings is 9. The van der Waals surface area contributed by atoms with Crippen LogP contribution in [0, 0.1) is 0 Å². The molecule has 0 radical (unpaired) electrons. The molecule has 296 valence electrons. The van der Waals surface area contributed by atoms with E-state index in [-0.39, 0.29) is 10.8 Å². The van der Waals surface area contributed by atoms with Crippen molar-refractivity contribution >= 4 is 39.0 Å². The Balaban J connectivity index is 1.23. The highest BCUT2D eigenvalue weighted by Gasteiger charge is 2.40. The lowest BCUT2D eigenvalue weighted by Gasteiger charge is -2.32. The van der Waals surface area contributed by atoms with Gasteiger partial charge in [0.2, 0.25) is 0 Å². The quantitative estimate of drug-likeness (QED) is 0.167.